The van der Waals surface area contributed by atoms with Crippen molar-refractivity contribution in [3.8, 4) is 5.75 Å². The normalized spacial score (nSPS) is 10.9. The maximum absolute atomic E-state index is 12.4. The standard InChI is InChI=1S/C20H24N2O4S/c1-5-10-26-19-8-6-17(7-9-19)21-20(23)14-22(27(4,24)25)18-12-15(2)11-16(3)13-18/h5-9,11-13H,1,10,14H2,2-4H3,(H,21,23). The molecule has 1 amide bonds. The van der Waals surface area contributed by atoms with Gasteiger partial charge in [0.25, 0.3) is 0 Å². The Morgan fingerprint density at radius 3 is 2.26 bits per heavy atom. The Kier molecular flexibility index (Phi) is 6.63. The first kappa shape index (κ1) is 20.5. The fourth-order valence-corrected chi connectivity index (χ4v) is 3.46. The van der Waals surface area contributed by atoms with Gasteiger partial charge >= 0.3 is 0 Å². The lowest BCUT2D eigenvalue weighted by Gasteiger charge is -2.23. The summed E-state index contributed by atoms with van der Waals surface area (Å²) in [4.78, 5) is 12.4. The van der Waals surface area contributed by atoms with Gasteiger partial charge in [0.05, 0.1) is 11.9 Å². The first-order valence-corrected chi connectivity index (χ1v) is 10.2. The van der Waals surface area contributed by atoms with E-state index in [9.17, 15) is 13.2 Å². The highest BCUT2D eigenvalue weighted by Gasteiger charge is 2.21. The van der Waals surface area contributed by atoms with Gasteiger partial charge < -0.3 is 10.1 Å². The molecule has 2 aromatic rings. The van der Waals surface area contributed by atoms with Gasteiger partial charge in [-0.1, -0.05) is 18.7 Å². The van der Waals surface area contributed by atoms with Crippen molar-refractivity contribution in [2.24, 2.45) is 0 Å². The maximum atomic E-state index is 12.4. The predicted octanol–water partition coefficient (Wildman–Crippen LogP) is 3.27. The number of rotatable bonds is 8. The molecule has 0 radical (unpaired) electrons. The largest absolute Gasteiger partial charge is 0.490 e. The molecule has 2 aromatic carbocycles. The van der Waals surface area contributed by atoms with Crippen LogP contribution in [0.1, 0.15) is 11.1 Å². The minimum Gasteiger partial charge on any atom is -0.490 e. The Balaban J connectivity index is 2.13. The Morgan fingerprint density at radius 2 is 1.74 bits per heavy atom. The molecule has 0 spiro atoms. The van der Waals surface area contributed by atoms with E-state index in [1.54, 1.807) is 42.5 Å². The molecule has 0 bridgehead atoms. The van der Waals surface area contributed by atoms with Crippen LogP contribution in [0.3, 0.4) is 0 Å². The summed E-state index contributed by atoms with van der Waals surface area (Å²) in [5.41, 5.74) is 2.88. The fourth-order valence-electron chi connectivity index (χ4n) is 2.62. The summed E-state index contributed by atoms with van der Waals surface area (Å²) in [6.45, 7) is 7.43. The molecule has 0 saturated heterocycles. The summed E-state index contributed by atoms with van der Waals surface area (Å²) in [6, 6.07) is 12.3. The number of amides is 1. The molecule has 0 aliphatic carbocycles. The van der Waals surface area contributed by atoms with E-state index in [2.05, 4.69) is 11.9 Å². The number of carbonyl (C=O) groups excluding carboxylic acids is 1. The first-order chi connectivity index (χ1) is 12.7. The van der Waals surface area contributed by atoms with Gasteiger partial charge in [0.1, 0.15) is 18.9 Å². The van der Waals surface area contributed by atoms with Crippen LogP contribution in [0.2, 0.25) is 0 Å². The summed E-state index contributed by atoms with van der Waals surface area (Å²) in [7, 11) is -3.61. The van der Waals surface area contributed by atoms with Gasteiger partial charge in [0, 0.05) is 5.69 Å². The van der Waals surface area contributed by atoms with Crippen molar-refractivity contribution < 1.29 is 17.9 Å². The number of hydrogen-bond acceptors (Lipinski definition) is 4. The van der Waals surface area contributed by atoms with E-state index in [4.69, 9.17) is 4.74 Å². The Labute approximate surface area is 160 Å². The van der Waals surface area contributed by atoms with Crippen LogP contribution in [0.15, 0.2) is 55.1 Å². The number of sulfonamides is 1. The quantitative estimate of drug-likeness (QED) is 0.704. The van der Waals surface area contributed by atoms with Gasteiger partial charge in [-0.25, -0.2) is 8.42 Å². The van der Waals surface area contributed by atoms with Crippen molar-refractivity contribution in [3.63, 3.8) is 0 Å². The van der Waals surface area contributed by atoms with Gasteiger partial charge in [-0.3, -0.25) is 9.10 Å². The van der Waals surface area contributed by atoms with Crippen LogP contribution < -0.4 is 14.4 Å². The smallest absolute Gasteiger partial charge is 0.245 e. The van der Waals surface area contributed by atoms with E-state index in [1.807, 2.05) is 19.9 Å². The SMILES string of the molecule is C=CCOc1ccc(NC(=O)CN(c2cc(C)cc(C)c2)S(C)(=O)=O)cc1. The molecule has 0 heterocycles. The highest BCUT2D eigenvalue weighted by molar-refractivity contribution is 7.92. The van der Waals surface area contributed by atoms with E-state index in [1.165, 1.54) is 0 Å². The number of hydrogen-bond donors (Lipinski definition) is 1. The zero-order valence-corrected chi connectivity index (χ0v) is 16.5. The topological polar surface area (TPSA) is 75.7 Å². The van der Waals surface area contributed by atoms with Crippen LogP contribution in [0.4, 0.5) is 11.4 Å². The summed E-state index contributed by atoms with van der Waals surface area (Å²) < 4.78 is 30.9. The average Bonchev–Trinajstić information content (AvgIpc) is 2.57. The number of carbonyl (C=O) groups is 1. The van der Waals surface area contributed by atoms with Crippen LogP contribution in [0, 0.1) is 13.8 Å². The molecule has 0 fully saturated rings. The van der Waals surface area contributed by atoms with Crippen LogP contribution in [-0.4, -0.2) is 33.7 Å². The molecule has 0 aliphatic rings. The van der Waals surface area contributed by atoms with Gasteiger partial charge in [-0.2, -0.15) is 0 Å². The molecular weight excluding hydrogens is 364 g/mol. The monoisotopic (exact) mass is 388 g/mol. The lowest BCUT2D eigenvalue weighted by Crippen LogP contribution is -2.37. The molecule has 1 N–H and O–H groups in total. The molecule has 2 rings (SSSR count). The molecule has 27 heavy (non-hydrogen) atoms. The molecule has 6 nitrogen and oxygen atoms in total. The first-order valence-electron chi connectivity index (χ1n) is 8.38. The zero-order chi connectivity index (χ0) is 20.0. The highest BCUT2D eigenvalue weighted by Crippen LogP contribution is 2.22. The van der Waals surface area contributed by atoms with Gasteiger partial charge in [-0.05, 0) is 61.4 Å². The van der Waals surface area contributed by atoms with E-state index in [-0.39, 0.29) is 6.54 Å². The van der Waals surface area contributed by atoms with Gasteiger partial charge in [0.2, 0.25) is 15.9 Å². The van der Waals surface area contributed by atoms with Crippen LogP contribution >= 0.6 is 0 Å². The molecule has 0 unspecified atom stereocenters. The number of nitrogens with one attached hydrogen (secondary N) is 1. The molecule has 0 saturated carbocycles. The van der Waals surface area contributed by atoms with E-state index in [0.717, 1.165) is 21.7 Å². The second-order valence-corrected chi connectivity index (χ2v) is 8.19. The predicted molar refractivity (Wildman–Crippen MR) is 109 cm³/mol. The lowest BCUT2D eigenvalue weighted by molar-refractivity contribution is -0.114. The summed E-state index contributed by atoms with van der Waals surface area (Å²) in [6.07, 6.45) is 2.73. The van der Waals surface area contributed by atoms with Crippen LogP contribution in [0.5, 0.6) is 5.75 Å². The zero-order valence-electron chi connectivity index (χ0n) is 15.7. The van der Waals surface area contributed by atoms with Crippen LogP contribution in [-0.2, 0) is 14.8 Å². The van der Waals surface area contributed by atoms with Crippen molar-refractivity contribution in [2.45, 2.75) is 13.8 Å². The molecular formula is C20H24N2O4S. The van der Waals surface area contributed by atoms with E-state index in [0.29, 0.717) is 23.7 Å². The Bertz CT molecular complexity index is 901. The maximum Gasteiger partial charge on any atom is 0.245 e. The van der Waals surface area contributed by atoms with Crippen LogP contribution in [0.25, 0.3) is 0 Å². The lowest BCUT2D eigenvalue weighted by atomic mass is 10.1. The molecule has 0 aromatic heterocycles. The minimum atomic E-state index is -3.61. The average molecular weight is 388 g/mol. The Hall–Kier alpha value is -2.80. The van der Waals surface area contributed by atoms with Gasteiger partial charge in [0.15, 0.2) is 0 Å². The van der Waals surface area contributed by atoms with Crippen molar-refractivity contribution in [1.29, 1.82) is 0 Å². The summed E-state index contributed by atoms with van der Waals surface area (Å²) >= 11 is 0. The number of benzene rings is 2. The fraction of sp³-hybridized carbons (Fsp3) is 0.250. The number of aryl methyl sites for hydroxylation is 2. The Morgan fingerprint density at radius 1 is 1.15 bits per heavy atom. The summed E-state index contributed by atoms with van der Waals surface area (Å²) in [5.74, 6) is 0.222. The molecule has 0 aliphatic heterocycles. The van der Waals surface area contributed by atoms with E-state index < -0.39 is 15.9 Å². The third kappa shape index (κ3) is 6.14. The third-order valence-electron chi connectivity index (χ3n) is 3.69. The number of ether oxygens (including phenoxy) is 1. The molecule has 7 heteroatoms. The second-order valence-electron chi connectivity index (χ2n) is 6.29. The van der Waals surface area contributed by atoms with E-state index >= 15 is 0 Å². The molecule has 0 atom stereocenters. The second kappa shape index (κ2) is 8.73. The van der Waals surface area contributed by atoms with Gasteiger partial charge in [-0.15, -0.1) is 0 Å². The highest BCUT2D eigenvalue weighted by atomic mass is 32.2. The van der Waals surface area contributed by atoms with Crippen molar-refractivity contribution in [2.75, 3.05) is 29.0 Å². The number of anilines is 2. The minimum absolute atomic E-state index is 0.309. The molecule has 144 valence electrons. The number of nitrogens with zero attached hydrogens (tertiary/aromatic N) is 1. The van der Waals surface area contributed by atoms with Crippen molar-refractivity contribution in [3.05, 3.63) is 66.2 Å². The van der Waals surface area contributed by atoms with Crippen molar-refractivity contribution in [1.82, 2.24) is 0 Å². The third-order valence-corrected chi connectivity index (χ3v) is 4.83. The summed E-state index contributed by atoms with van der Waals surface area (Å²) in [5, 5.41) is 2.71. The van der Waals surface area contributed by atoms with Crippen molar-refractivity contribution >= 4 is 27.3 Å².